The first-order valence-electron chi connectivity index (χ1n) is 9.42. The lowest BCUT2D eigenvalue weighted by Gasteiger charge is -2.11. The quantitative estimate of drug-likeness (QED) is 0.293. The van der Waals surface area contributed by atoms with Crippen molar-refractivity contribution >= 4 is 28.6 Å². The van der Waals surface area contributed by atoms with Gasteiger partial charge in [-0.05, 0) is 30.7 Å². The highest BCUT2D eigenvalue weighted by Crippen LogP contribution is 2.18. The van der Waals surface area contributed by atoms with Gasteiger partial charge in [0.1, 0.15) is 16.5 Å². The van der Waals surface area contributed by atoms with Crippen LogP contribution in [0.2, 0.25) is 0 Å². The van der Waals surface area contributed by atoms with Gasteiger partial charge in [-0.15, -0.1) is 10.2 Å². The number of ether oxygens (including phenoxy) is 2. The Morgan fingerprint density at radius 3 is 2.53 bits per heavy atom. The zero-order valence-corrected chi connectivity index (χ0v) is 17.4. The summed E-state index contributed by atoms with van der Waals surface area (Å²) >= 11 is 1.17. The van der Waals surface area contributed by atoms with Crippen LogP contribution < -0.4 is 20.6 Å². The van der Waals surface area contributed by atoms with Gasteiger partial charge < -0.3 is 15.2 Å². The summed E-state index contributed by atoms with van der Waals surface area (Å²) in [4.78, 5) is 11.9. The Balaban J connectivity index is 1.44. The molecule has 0 fully saturated rings. The van der Waals surface area contributed by atoms with Gasteiger partial charge in [-0.3, -0.25) is 4.79 Å². The summed E-state index contributed by atoms with van der Waals surface area (Å²) in [7, 11) is 0. The molecule has 3 N–H and O–H groups in total. The highest BCUT2D eigenvalue weighted by Gasteiger charge is 2.07. The Morgan fingerprint density at radius 1 is 1.10 bits per heavy atom. The number of nitrogen functional groups attached to an aromatic ring is 1. The van der Waals surface area contributed by atoms with E-state index in [4.69, 9.17) is 15.2 Å². The van der Waals surface area contributed by atoms with Crippen molar-refractivity contribution in [1.29, 1.82) is 0 Å². The molecule has 2 aromatic carbocycles. The lowest BCUT2D eigenvalue weighted by atomic mass is 10.2. The monoisotopic (exact) mass is 425 g/mol. The fourth-order valence-corrected chi connectivity index (χ4v) is 3.16. The molecule has 0 atom stereocenters. The first kappa shape index (κ1) is 21.3. The molecule has 3 aromatic rings. The first-order valence-corrected chi connectivity index (χ1v) is 10.2. The Bertz CT molecular complexity index is 1010. The molecule has 0 saturated heterocycles. The second-order valence-corrected chi connectivity index (χ2v) is 7.45. The molecule has 0 saturated carbocycles. The highest BCUT2D eigenvalue weighted by molar-refractivity contribution is 7.15. The average molecular weight is 426 g/mol. The third-order valence-electron chi connectivity index (χ3n) is 4.00. The Morgan fingerprint density at radius 2 is 1.80 bits per heavy atom. The predicted octanol–water partition coefficient (Wildman–Crippen LogP) is 2.97. The van der Waals surface area contributed by atoms with Crippen LogP contribution >= 0.6 is 11.3 Å². The van der Waals surface area contributed by atoms with E-state index in [1.54, 1.807) is 6.21 Å². The van der Waals surface area contributed by atoms with Crippen molar-refractivity contribution in [2.45, 2.75) is 19.8 Å². The van der Waals surface area contributed by atoms with E-state index in [9.17, 15) is 4.79 Å². The van der Waals surface area contributed by atoms with Crippen LogP contribution in [-0.2, 0) is 11.2 Å². The Kier molecular flexibility index (Phi) is 7.73. The van der Waals surface area contributed by atoms with Crippen LogP contribution in [0, 0.1) is 6.92 Å². The van der Waals surface area contributed by atoms with Gasteiger partial charge in [0, 0.05) is 12.0 Å². The third kappa shape index (κ3) is 6.56. The van der Waals surface area contributed by atoms with E-state index < -0.39 is 0 Å². The van der Waals surface area contributed by atoms with E-state index in [0.29, 0.717) is 29.1 Å². The van der Waals surface area contributed by atoms with Crippen LogP contribution in [0.1, 0.15) is 22.6 Å². The van der Waals surface area contributed by atoms with E-state index in [0.717, 1.165) is 23.3 Å². The summed E-state index contributed by atoms with van der Waals surface area (Å²) in [5.74, 6) is 1.27. The van der Waals surface area contributed by atoms with Crippen LogP contribution in [-0.4, -0.2) is 35.5 Å². The van der Waals surface area contributed by atoms with Crippen LogP contribution in [0.5, 0.6) is 11.5 Å². The summed E-state index contributed by atoms with van der Waals surface area (Å²) < 4.78 is 11.6. The van der Waals surface area contributed by atoms with E-state index in [2.05, 4.69) is 20.7 Å². The molecule has 0 spiro atoms. The molecule has 156 valence electrons. The highest BCUT2D eigenvalue weighted by atomic mass is 32.1. The second kappa shape index (κ2) is 10.9. The number of carbonyl (C=O) groups excluding carboxylic acids is 1. The fraction of sp³-hybridized carbons (Fsp3) is 0.238. The number of amides is 1. The van der Waals surface area contributed by atoms with E-state index >= 15 is 0 Å². The minimum absolute atomic E-state index is 0.0746. The number of para-hydroxylation sites is 2. The van der Waals surface area contributed by atoms with E-state index in [1.165, 1.54) is 11.3 Å². The van der Waals surface area contributed by atoms with Crippen LogP contribution in [0.25, 0.3) is 0 Å². The van der Waals surface area contributed by atoms with E-state index in [1.807, 2.05) is 55.5 Å². The van der Waals surface area contributed by atoms with Crippen molar-refractivity contribution in [3.05, 3.63) is 64.7 Å². The molecule has 8 nitrogen and oxygen atoms in total. The van der Waals surface area contributed by atoms with E-state index in [-0.39, 0.29) is 12.3 Å². The molecule has 9 heteroatoms. The van der Waals surface area contributed by atoms with Gasteiger partial charge in [0.05, 0.1) is 25.8 Å². The van der Waals surface area contributed by atoms with Crippen molar-refractivity contribution in [2.24, 2.45) is 5.10 Å². The number of aromatic nitrogens is 2. The van der Waals surface area contributed by atoms with Crippen molar-refractivity contribution in [1.82, 2.24) is 15.6 Å². The zero-order chi connectivity index (χ0) is 21.2. The van der Waals surface area contributed by atoms with Crippen molar-refractivity contribution in [3.63, 3.8) is 0 Å². The van der Waals surface area contributed by atoms with Crippen molar-refractivity contribution in [2.75, 3.05) is 18.9 Å². The Labute approximate surface area is 178 Å². The standard InChI is InChI=1S/C21H23N5O3S/c1-15-7-2-4-9-17(15)28-11-6-12-29-18-10-5-3-8-16(18)14-23-24-19(27)13-20-25-26-21(22)30-20/h2-5,7-10,14H,6,11-13H2,1H3,(H2,22,26)(H,24,27)/b23-14+. The molecule has 1 aromatic heterocycles. The summed E-state index contributed by atoms with van der Waals surface area (Å²) in [6.07, 6.45) is 2.36. The topological polar surface area (TPSA) is 112 Å². The minimum Gasteiger partial charge on any atom is -0.493 e. The van der Waals surface area contributed by atoms with Crippen molar-refractivity contribution in [3.8, 4) is 11.5 Å². The summed E-state index contributed by atoms with van der Waals surface area (Å²) in [5.41, 5.74) is 9.84. The molecule has 0 aliphatic rings. The number of nitrogens with one attached hydrogen (secondary N) is 1. The van der Waals surface area contributed by atoms with Gasteiger partial charge in [0.25, 0.3) is 0 Å². The molecule has 30 heavy (non-hydrogen) atoms. The molecule has 3 rings (SSSR count). The third-order valence-corrected chi connectivity index (χ3v) is 4.76. The second-order valence-electron chi connectivity index (χ2n) is 6.36. The van der Waals surface area contributed by atoms with Gasteiger partial charge in [0.2, 0.25) is 11.0 Å². The molecular formula is C21H23N5O3S. The first-order chi connectivity index (χ1) is 14.6. The zero-order valence-electron chi connectivity index (χ0n) is 16.6. The average Bonchev–Trinajstić information content (AvgIpc) is 3.14. The number of hydrogen-bond donors (Lipinski definition) is 2. The number of benzene rings is 2. The summed E-state index contributed by atoms with van der Waals surface area (Å²) in [5, 5.41) is 12.3. The van der Waals surface area contributed by atoms with Gasteiger partial charge >= 0.3 is 0 Å². The molecule has 1 heterocycles. The van der Waals surface area contributed by atoms with Crippen molar-refractivity contribution < 1.29 is 14.3 Å². The number of hydrazone groups is 1. The Hall–Kier alpha value is -3.46. The number of anilines is 1. The smallest absolute Gasteiger partial charge is 0.247 e. The largest absolute Gasteiger partial charge is 0.493 e. The molecular weight excluding hydrogens is 402 g/mol. The normalized spacial score (nSPS) is 10.8. The maximum atomic E-state index is 11.9. The molecule has 0 radical (unpaired) electrons. The predicted molar refractivity (Wildman–Crippen MR) is 117 cm³/mol. The van der Waals surface area contributed by atoms with Gasteiger partial charge in [-0.25, -0.2) is 5.43 Å². The van der Waals surface area contributed by atoms with Crippen LogP contribution in [0.4, 0.5) is 5.13 Å². The number of aryl methyl sites for hydroxylation is 1. The molecule has 0 unspecified atom stereocenters. The molecule has 0 aliphatic carbocycles. The molecule has 0 bridgehead atoms. The number of hydrogen-bond acceptors (Lipinski definition) is 8. The lowest BCUT2D eigenvalue weighted by molar-refractivity contribution is -0.120. The number of nitrogens with two attached hydrogens (primary N) is 1. The molecule has 1 amide bonds. The fourth-order valence-electron chi connectivity index (χ4n) is 2.55. The lowest BCUT2D eigenvalue weighted by Crippen LogP contribution is -2.19. The maximum absolute atomic E-state index is 11.9. The summed E-state index contributed by atoms with van der Waals surface area (Å²) in [6, 6.07) is 15.4. The van der Waals surface area contributed by atoms with Crippen LogP contribution in [0.3, 0.4) is 0 Å². The van der Waals surface area contributed by atoms with Gasteiger partial charge in [0.15, 0.2) is 0 Å². The number of rotatable bonds is 10. The maximum Gasteiger partial charge on any atom is 0.247 e. The number of nitrogens with zero attached hydrogens (tertiary/aromatic N) is 3. The van der Waals surface area contributed by atoms with Gasteiger partial charge in [-0.1, -0.05) is 41.7 Å². The minimum atomic E-state index is -0.297. The SMILES string of the molecule is Cc1ccccc1OCCCOc1ccccc1/C=N/NC(=O)Cc1nnc(N)s1. The van der Waals surface area contributed by atoms with Crippen LogP contribution in [0.15, 0.2) is 53.6 Å². The summed E-state index contributed by atoms with van der Waals surface area (Å²) in [6.45, 7) is 3.08. The van der Waals surface area contributed by atoms with Gasteiger partial charge in [-0.2, -0.15) is 5.10 Å². The molecule has 0 aliphatic heterocycles. The number of carbonyl (C=O) groups is 1.